The molecular formula is C14H16ClN3O2. The number of hydrogen-bond acceptors (Lipinski definition) is 4. The molecule has 0 atom stereocenters. The molecule has 0 bridgehead atoms. The highest BCUT2D eigenvalue weighted by Gasteiger charge is 2.27. The van der Waals surface area contributed by atoms with E-state index in [0.717, 1.165) is 5.56 Å². The molecule has 0 saturated carbocycles. The third kappa shape index (κ3) is 2.67. The normalized spacial score (nSPS) is 11.4. The second-order valence-electron chi connectivity index (χ2n) is 5.37. The van der Waals surface area contributed by atoms with Gasteiger partial charge in [-0.15, -0.1) is 5.10 Å². The van der Waals surface area contributed by atoms with E-state index in [1.807, 2.05) is 32.9 Å². The number of ether oxygens (including phenoxy) is 1. The minimum absolute atomic E-state index is 0.199. The van der Waals surface area contributed by atoms with E-state index in [2.05, 4.69) is 10.3 Å². The van der Waals surface area contributed by atoms with Gasteiger partial charge in [0.15, 0.2) is 5.69 Å². The molecule has 20 heavy (non-hydrogen) atoms. The lowest BCUT2D eigenvalue weighted by Gasteiger charge is -2.21. The molecule has 0 aliphatic rings. The highest BCUT2D eigenvalue weighted by molar-refractivity contribution is 6.30. The zero-order valence-electron chi connectivity index (χ0n) is 11.8. The Morgan fingerprint density at radius 2 is 1.85 bits per heavy atom. The fourth-order valence-electron chi connectivity index (χ4n) is 1.85. The van der Waals surface area contributed by atoms with Gasteiger partial charge in [-0.05, 0) is 32.9 Å². The number of methoxy groups -OCH3 is 1. The van der Waals surface area contributed by atoms with Crippen molar-refractivity contribution in [2.24, 2.45) is 0 Å². The van der Waals surface area contributed by atoms with E-state index >= 15 is 0 Å². The topological polar surface area (TPSA) is 57.0 Å². The fraction of sp³-hybridized carbons (Fsp3) is 0.357. The Bertz CT molecular complexity index is 627. The maximum absolute atomic E-state index is 11.9. The second kappa shape index (κ2) is 5.25. The molecule has 0 unspecified atom stereocenters. The van der Waals surface area contributed by atoms with Crippen LogP contribution in [0.5, 0.6) is 0 Å². The van der Waals surface area contributed by atoms with Crippen LogP contribution in [0.1, 0.15) is 31.3 Å². The molecule has 0 radical (unpaired) electrons. The Hall–Kier alpha value is -1.88. The minimum atomic E-state index is -0.509. The Labute approximate surface area is 122 Å². The predicted octanol–water partition coefficient (Wildman–Crippen LogP) is 3.14. The predicted molar refractivity (Wildman–Crippen MR) is 76.8 cm³/mol. The first-order valence-corrected chi connectivity index (χ1v) is 6.53. The van der Waals surface area contributed by atoms with Crippen molar-refractivity contribution in [1.29, 1.82) is 0 Å². The molecular weight excluding hydrogens is 278 g/mol. The Kier molecular flexibility index (Phi) is 3.81. The van der Waals surface area contributed by atoms with Gasteiger partial charge >= 0.3 is 5.97 Å². The highest BCUT2D eigenvalue weighted by Crippen LogP contribution is 2.28. The number of carbonyl (C=O) groups excluding carboxylic acids is 1. The largest absolute Gasteiger partial charge is 0.464 e. The number of hydrogen-bond donors (Lipinski definition) is 0. The van der Waals surface area contributed by atoms with Crippen LogP contribution in [0, 0.1) is 0 Å². The van der Waals surface area contributed by atoms with Crippen molar-refractivity contribution >= 4 is 17.6 Å². The lowest BCUT2D eigenvalue weighted by Crippen LogP contribution is -2.24. The number of aromatic nitrogens is 3. The molecule has 1 aromatic heterocycles. The third-order valence-corrected chi connectivity index (χ3v) is 3.05. The van der Waals surface area contributed by atoms with Gasteiger partial charge in [0.05, 0.1) is 12.6 Å². The Morgan fingerprint density at radius 1 is 1.25 bits per heavy atom. The van der Waals surface area contributed by atoms with E-state index in [1.54, 1.807) is 16.8 Å². The van der Waals surface area contributed by atoms with Crippen LogP contribution in [0.25, 0.3) is 11.3 Å². The van der Waals surface area contributed by atoms with Crippen molar-refractivity contribution in [2.75, 3.05) is 7.11 Å². The summed E-state index contributed by atoms with van der Waals surface area (Å²) in [6.07, 6.45) is 0. The van der Waals surface area contributed by atoms with Gasteiger partial charge in [-0.2, -0.15) is 0 Å². The van der Waals surface area contributed by atoms with E-state index < -0.39 is 5.97 Å². The monoisotopic (exact) mass is 293 g/mol. The number of benzene rings is 1. The lowest BCUT2D eigenvalue weighted by atomic mass is 10.1. The zero-order chi connectivity index (χ0) is 14.9. The van der Waals surface area contributed by atoms with Crippen molar-refractivity contribution in [2.45, 2.75) is 26.3 Å². The summed E-state index contributed by atoms with van der Waals surface area (Å²) >= 11 is 5.90. The van der Waals surface area contributed by atoms with Crippen LogP contribution >= 0.6 is 11.6 Å². The average molecular weight is 294 g/mol. The van der Waals surface area contributed by atoms with E-state index in [-0.39, 0.29) is 11.2 Å². The number of rotatable bonds is 2. The summed E-state index contributed by atoms with van der Waals surface area (Å²) in [4.78, 5) is 11.9. The molecule has 1 aromatic carbocycles. The molecule has 1 heterocycles. The molecule has 2 aromatic rings. The molecule has 0 fully saturated rings. The van der Waals surface area contributed by atoms with Crippen LogP contribution in [0.2, 0.25) is 5.02 Å². The molecule has 0 amide bonds. The van der Waals surface area contributed by atoms with Crippen LogP contribution in [0.4, 0.5) is 0 Å². The molecule has 6 heteroatoms. The average Bonchev–Trinajstić information content (AvgIpc) is 2.83. The maximum atomic E-state index is 11.9. The summed E-state index contributed by atoms with van der Waals surface area (Å²) in [7, 11) is 1.32. The molecule has 0 spiro atoms. The standard InChI is InChI=1S/C14H16ClN3O2/c1-14(2,3)18-12(9-5-7-10(15)8-6-9)11(16-17-18)13(19)20-4/h5-8H,1-4H3. The van der Waals surface area contributed by atoms with Crippen LogP contribution in [0.15, 0.2) is 24.3 Å². The van der Waals surface area contributed by atoms with Crippen molar-refractivity contribution in [1.82, 2.24) is 15.0 Å². The molecule has 2 rings (SSSR count). The van der Waals surface area contributed by atoms with Gasteiger partial charge in [-0.3, -0.25) is 0 Å². The van der Waals surface area contributed by atoms with Crippen LogP contribution in [-0.4, -0.2) is 28.1 Å². The highest BCUT2D eigenvalue weighted by atomic mass is 35.5. The van der Waals surface area contributed by atoms with Crippen LogP contribution in [-0.2, 0) is 10.3 Å². The van der Waals surface area contributed by atoms with Gasteiger partial charge < -0.3 is 4.74 Å². The Balaban J connectivity index is 2.66. The summed E-state index contributed by atoms with van der Waals surface area (Å²) in [6.45, 7) is 5.96. The van der Waals surface area contributed by atoms with Crippen molar-refractivity contribution < 1.29 is 9.53 Å². The second-order valence-corrected chi connectivity index (χ2v) is 5.80. The zero-order valence-corrected chi connectivity index (χ0v) is 12.6. The van der Waals surface area contributed by atoms with Gasteiger partial charge in [-0.1, -0.05) is 28.9 Å². The van der Waals surface area contributed by atoms with E-state index in [1.165, 1.54) is 7.11 Å². The first-order valence-electron chi connectivity index (χ1n) is 6.15. The summed E-state index contributed by atoms with van der Waals surface area (Å²) < 4.78 is 6.48. The van der Waals surface area contributed by atoms with Crippen molar-refractivity contribution in [3.05, 3.63) is 35.0 Å². The quantitative estimate of drug-likeness (QED) is 0.798. The molecule has 0 N–H and O–H groups in total. The summed E-state index contributed by atoms with van der Waals surface area (Å²) in [6, 6.07) is 7.18. The van der Waals surface area contributed by atoms with E-state index in [4.69, 9.17) is 16.3 Å². The Morgan fingerprint density at radius 3 is 2.35 bits per heavy atom. The lowest BCUT2D eigenvalue weighted by molar-refractivity contribution is 0.0595. The summed E-state index contributed by atoms with van der Waals surface area (Å²) in [5, 5.41) is 8.67. The van der Waals surface area contributed by atoms with Crippen LogP contribution < -0.4 is 0 Å². The SMILES string of the molecule is COC(=O)c1nnn(C(C)(C)C)c1-c1ccc(Cl)cc1. The first-order chi connectivity index (χ1) is 9.34. The summed E-state index contributed by atoms with van der Waals surface area (Å²) in [5.41, 5.74) is 1.33. The van der Waals surface area contributed by atoms with Crippen molar-refractivity contribution in [3.63, 3.8) is 0 Å². The van der Waals surface area contributed by atoms with Gasteiger partial charge in [0.25, 0.3) is 0 Å². The van der Waals surface area contributed by atoms with Gasteiger partial charge in [0.2, 0.25) is 0 Å². The van der Waals surface area contributed by atoms with Crippen LogP contribution in [0.3, 0.4) is 0 Å². The number of halogens is 1. The number of carbonyl (C=O) groups is 1. The van der Waals surface area contributed by atoms with Gasteiger partial charge in [0, 0.05) is 10.6 Å². The fourth-order valence-corrected chi connectivity index (χ4v) is 1.98. The third-order valence-electron chi connectivity index (χ3n) is 2.80. The van der Waals surface area contributed by atoms with Crippen molar-refractivity contribution in [3.8, 4) is 11.3 Å². The maximum Gasteiger partial charge on any atom is 0.360 e. The molecule has 0 saturated heterocycles. The first kappa shape index (κ1) is 14.5. The number of nitrogens with zero attached hydrogens (tertiary/aromatic N) is 3. The molecule has 0 aliphatic heterocycles. The number of esters is 1. The van der Waals surface area contributed by atoms with E-state index in [9.17, 15) is 4.79 Å². The molecule has 0 aliphatic carbocycles. The van der Waals surface area contributed by atoms with E-state index in [0.29, 0.717) is 10.7 Å². The van der Waals surface area contributed by atoms with Gasteiger partial charge in [0.1, 0.15) is 5.69 Å². The smallest absolute Gasteiger partial charge is 0.360 e. The molecule has 106 valence electrons. The van der Waals surface area contributed by atoms with Gasteiger partial charge in [-0.25, -0.2) is 9.48 Å². The molecule has 5 nitrogen and oxygen atoms in total. The summed E-state index contributed by atoms with van der Waals surface area (Å²) in [5.74, 6) is -0.509. The minimum Gasteiger partial charge on any atom is -0.464 e.